The van der Waals surface area contributed by atoms with Crippen molar-refractivity contribution in [2.75, 3.05) is 7.11 Å². The van der Waals surface area contributed by atoms with Crippen LogP contribution < -0.4 is 0 Å². The topological polar surface area (TPSA) is 26.3 Å². The maximum atomic E-state index is 10.2. The molecule has 0 radical (unpaired) electrons. The molecule has 0 saturated carbocycles. The Morgan fingerprint density at radius 2 is 1.57 bits per heavy atom. The third-order valence-corrected chi connectivity index (χ3v) is 5.35. The maximum Gasteiger partial charge on any atom is 0.120 e. The second kappa shape index (κ2) is 10.5. The van der Waals surface area contributed by atoms with Gasteiger partial charge in [-0.25, -0.2) is 0 Å². The van der Waals surface area contributed by atoms with Crippen molar-refractivity contribution < 1.29 is 9.53 Å². The van der Waals surface area contributed by atoms with E-state index in [0.717, 1.165) is 19.1 Å². The van der Waals surface area contributed by atoms with E-state index in [0.29, 0.717) is 11.8 Å². The van der Waals surface area contributed by atoms with Gasteiger partial charge in [0.05, 0.1) is 13.4 Å². The van der Waals surface area contributed by atoms with Gasteiger partial charge in [0, 0.05) is 6.42 Å². The number of ether oxygens (including phenoxy) is 1. The fourth-order valence-corrected chi connectivity index (χ4v) is 3.32. The molecule has 0 aromatic carbocycles. The first-order valence-electron chi connectivity index (χ1n) is 8.91. The van der Waals surface area contributed by atoms with Gasteiger partial charge < -0.3 is 9.53 Å². The highest BCUT2D eigenvalue weighted by Gasteiger charge is 2.15. The summed E-state index contributed by atoms with van der Waals surface area (Å²) in [6.45, 7) is 8.87. The maximum absolute atomic E-state index is 10.2. The summed E-state index contributed by atoms with van der Waals surface area (Å²) in [7, 11) is 1.70. The van der Waals surface area contributed by atoms with Crippen LogP contribution >= 0.6 is 0 Å². The molecule has 23 heavy (non-hydrogen) atoms. The fourth-order valence-electron chi connectivity index (χ4n) is 3.32. The lowest BCUT2D eigenvalue weighted by Gasteiger charge is -2.22. The quantitative estimate of drug-likeness (QED) is 0.361. The highest BCUT2D eigenvalue weighted by molar-refractivity contribution is 5.50. The smallest absolute Gasteiger partial charge is 0.120 e. The Hall–Kier alpha value is -1.31. The van der Waals surface area contributed by atoms with Crippen LogP contribution in [-0.2, 0) is 9.53 Å². The molecule has 0 amide bonds. The van der Waals surface area contributed by atoms with Gasteiger partial charge in [-0.2, -0.15) is 0 Å². The number of hydrogen-bond acceptors (Lipinski definition) is 2. The molecule has 2 heteroatoms. The van der Waals surface area contributed by atoms with E-state index in [9.17, 15) is 4.79 Å². The summed E-state index contributed by atoms with van der Waals surface area (Å²) in [4.78, 5) is 10.2. The Bertz CT molecular complexity index is 468. The average molecular weight is 319 g/mol. The second-order valence-corrected chi connectivity index (χ2v) is 7.20. The zero-order valence-electron chi connectivity index (χ0n) is 15.7. The van der Waals surface area contributed by atoms with Crippen molar-refractivity contribution in [1.29, 1.82) is 0 Å². The van der Waals surface area contributed by atoms with Crippen molar-refractivity contribution in [2.45, 2.75) is 72.6 Å². The summed E-state index contributed by atoms with van der Waals surface area (Å²) < 4.78 is 4.91. The number of rotatable bonds is 4. The highest BCUT2D eigenvalue weighted by atomic mass is 16.5. The molecule has 2 aliphatic carbocycles. The van der Waals surface area contributed by atoms with E-state index in [1.165, 1.54) is 43.3 Å². The van der Waals surface area contributed by atoms with Gasteiger partial charge in [-0.3, -0.25) is 0 Å². The number of carbonyl (C=O) groups excluding carboxylic acids is 1. The third kappa shape index (κ3) is 7.20. The van der Waals surface area contributed by atoms with E-state index >= 15 is 0 Å². The normalized spacial score (nSPS) is 25.3. The predicted molar refractivity (Wildman–Crippen MR) is 98.3 cm³/mol. The van der Waals surface area contributed by atoms with E-state index in [1.54, 1.807) is 24.5 Å². The van der Waals surface area contributed by atoms with Crippen LogP contribution in [0.5, 0.6) is 0 Å². The Kier molecular flexibility index (Phi) is 8.98. The van der Waals surface area contributed by atoms with Gasteiger partial charge in [0.25, 0.3) is 0 Å². The summed E-state index contributed by atoms with van der Waals surface area (Å²) in [5.74, 6) is 1.34. The number of carbonyl (C=O) groups is 1. The molecule has 0 aromatic rings. The number of aldehydes is 1. The summed E-state index contributed by atoms with van der Waals surface area (Å²) in [6, 6.07) is 0. The second-order valence-electron chi connectivity index (χ2n) is 7.20. The molecule has 2 unspecified atom stereocenters. The van der Waals surface area contributed by atoms with Gasteiger partial charge in [0.1, 0.15) is 6.29 Å². The highest BCUT2D eigenvalue weighted by Crippen LogP contribution is 2.30. The van der Waals surface area contributed by atoms with Gasteiger partial charge in [-0.15, -0.1) is 0 Å². The summed E-state index contributed by atoms with van der Waals surface area (Å²) >= 11 is 0. The first-order chi connectivity index (χ1) is 11.0. The lowest BCUT2D eigenvalue weighted by atomic mass is 9.84. The van der Waals surface area contributed by atoms with Gasteiger partial charge in [0.15, 0.2) is 0 Å². The van der Waals surface area contributed by atoms with Crippen LogP contribution in [0.4, 0.5) is 0 Å². The zero-order chi connectivity index (χ0) is 17.2. The molecule has 2 atom stereocenters. The van der Waals surface area contributed by atoms with Crippen molar-refractivity contribution in [2.24, 2.45) is 11.8 Å². The minimum atomic E-state index is 0.635. The van der Waals surface area contributed by atoms with Crippen molar-refractivity contribution in [3.8, 4) is 0 Å². The van der Waals surface area contributed by atoms with Crippen molar-refractivity contribution in [1.82, 2.24) is 0 Å². The van der Waals surface area contributed by atoms with Gasteiger partial charge >= 0.3 is 0 Å². The molecular weight excluding hydrogens is 284 g/mol. The van der Waals surface area contributed by atoms with Gasteiger partial charge in [0.2, 0.25) is 0 Å². The van der Waals surface area contributed by atoms with Crippen LogP contribution in [-0.4, -0.2) is 13.4 Å². The summed E-state index contributed by atoms with van der Waals surface area (Å²) in [6.07, 6.45) is 13.1. The molecule has 0 N–H and O–H groups in total. The number of allylic oxidation sites excluding steroid dienone is 5. The fraction of sp³-hybridized carbons (Fsp3) is 0.667. The molecule has 0 spiro atoms. The van der Waals surface area contributed by atoms with E-state index in [1.807, 2.05) is 0 Å². The van der Waals surface area contributed by atoms with Crippen LogP contribution in [0.2, 0.25) is 0 Å². The number of hydrogen-bond donors (Lipinski definition) is 0. The Morgan fingerprint density at radius 1 is 0.957 bits per heavy atom. The molecule has 0 bridgehead atoms. The largest absolute Gasteiger partial charge is 0.505 e. The molecule has 0 saturated heterocycles. The Labute approximate surface area is 142 Å². The lowest BCUT2D eigenvalue weighted by Crippen LogP contribution is -2.08. The first kappa shape index (κ1) is 19.7. The van der Waals surface area contributed by atoms with Crippen LogP contribution in [0.15, 0.2) is 34.6 Å². The molecule has 2 nitrogen and oxygen atoms in total. The molecular formula is C21H34O2. The Balaban J connectivity index is 0.000000231. The van der Waals surface area contributed by atoms with E-state index < -0.39 is 0 Å². The van der Waals surface area contributed by atoms with Crippen molar-refractivity contribution in [3.05, 3.63) is 34.6 Å². The van der Waals surface area contributed by atoms with E-state index in [4.69, 9.17) is 4.74 Å². The van der Waals surface area contributed by atoms with Crippen LogP contribution in [0.3, 0.4) is 0 Å². The minimum Gasteiger partial charge on any atom is -0.505 e. The van der Waals surface area contributed by atoms with Crippen molar-refractivity contribution >= 4 is 6.29 Å². The SMILES string of the molecule is CC1=C(C)CC(CC=O)CC1.CO/C=C/C1CCC(C)=C(C)C1. The predicted octanol–water partition coefficient (Wildman–Crippen LogP) is 5.99. The van der Waals surface area contributed by atoms with Crippen molar-refractivity contribution in [3.63, 3.8) is 0 Å². The number of methoxy groups -OCH3 is 1. The molecule has 0 aromatic heterocycles. The lowest BCUT2D eigenvalue weighted by molar-refractivity contribution is -0.108. The van der Waals surface area contributed by atoms with Gasteiger partial charge in [-0.05, 0) is 84.1 Å². The summed E-state index contributed by atoms with van der Waals surface area (Å²) in [5.41, 5.74) is 6.18. The molecule has 0 fully saturated rings. The summed E-state index contributed by atoms with van der Waals surface area (Å²) in [5, 5.41) is 0. The van der Waals surface area contributed by atoms with E-state index in [2.05, 4.69) is 33.8 Å². The molecule has 2 aliphatic rings. The standard InChI is InChI=1S/C11H18O.C10H16O/c1-9-4-5-11(6-7-12-3)8-10(9)2;1-8-3-4-10(5-6-11)7-9(8)2/h6-7,11H,4-5,8H2,1-3H3;6,10H,3-5,7H2,1-2H3/b7-6+;. The van der Waals surface area contributed by atoms with Crippen LogP contribution in [0.1, 0.15) is 72.6 Å². The van der Waals surface area contributed by atoms with Gasteiger partial charge in [-0.1, -0.05) is 22.3 Å². The molecule has 0 aliphatic heterocycles. The molecule has 0 heterocycles. The third-order valence-electron chi connectivity index (χ3n) is 5.35. The van der Waals surface area contributed by atoms with E-state index in [-0.39, 0.29) is 0 Å². The first-order valence-corrected chi connectivity index (χ1v) is 8.91. The average Bonchev–Trinajstić information content (AvgIpc) is 2.53. The molecule has 130 valence electrons. The zero-order valence-corrected chi connectivity index (χ0v) is 15.7. The minimum absolute atomic E-state index is 0.635. The van der Waals surface area contributed by atoms with Crippen LogP contribution in [0, 0.1) is 11.8 Å². The molecule has 2 rings (SSSR count). The van der Waals surface area contributed by atoms with Crippen LogP contribution in [0.25, 0.3) is 0 Å². The Morgan fingerprint density at radius 3 is 2.09 bits per heavy atom. The monoisotopic (exact) mass is 318 g/mol.